The maximum Gasteiger partial charge on any atom is 0.310 e. The SMILES string of the molecule is CCCCc1ccc(CCCCSCc2cccc(C=Cc3cccc(NC(=O)CC(CC)(CC)C(=O)O)c3)n2)cc1. The Hall–Kier alpha value is -3.38. The first-order valence-electron chi connectivity index (χ1n) is 15.3. The summed E-state index contributed by atoms with van der Waals surface area (Å²) < 4.78 is 0. The number of benzene rings is 2. The molecule has 0 aliphatic carbocycles. The summed E-state index contributed by atoms with van der Waals surface area (Å²) in [5.41, 5.74) is 5.39. The molecule has 3 rings (SSSR count). The van der Waals surface area contributed by atoms with Gasteiger partial charge in [0.25, 0.3) is 0 Å². The lowest BCUT2D eigenvalue weighted by molar-refractivity contribution is -0.151. The molecular weight excluding hydrogens is 540 g/mol. The standard InChI is InChI=1S/C36H46N2O3S/c1-4-7-12-28-18-20-29(21-19-28)13-8-9-24-42-27-33-17-11-15-31(37-33)23-22-30-14-10-16-32(25-30)38-34(39)26-36(5-2,6-3)35(40)41/h10-11,14-23,25H,4-9,12-13,24,26-27H2,1-3H3,(H,38,39)(H,40,41). The molecule has 0 fully saturated rings. The number of nitrogens with zero attached hydrogens (tertiary/aromatic N) is 1. The minimum absolute atomic E-state index is 0.0445. The highest BCUT2D eigenvalue weighted by atomic mass is 32.2. The highest BCUT2D eigenvalue weighted by Crippen LogP contribution is 2.31. The molecule has 42 heavy (non-hydrogen) atoms. The van der Waals surface area contributed by atoms with Crippen LogP contribution in [0.2, 0.25) is 0 Å². The summed E-state index contributed by atoms with van der Waals surface area (Å²) in [6.07, 6.45) is 12.0. The van der Waals surface area contributed by atoms with Crippen LogP contribution >= 0.6 is 11.8 Å². The van der Waals surface area contributed by atoms with Gasteiger partial charge < -0.3 is 10.4 Å². The van der Waals surface area contributed by atoms with Crippen LogP contribution in [-0.4, -0.2) is 27.7 Å². The average molecular weight is 587 g/mol. The van der Waals surface area contributed by atoms with Crippen molar-refractivity contribution in [1.29, 1.82) is 0 Å². The van der Waals surface area contributed by atoms with Crippen molar-refractivity contribution in [2.24, 2.45) is 5.41 Å². The first-order chi connectivity index (χ1) is 20.4. The van der Waals surface area contributed by atoms with E-state index in [2.05, 4.69) is 42.6 Å². The summed E-state index contributed by atoms with van der Waals surface area (Å²) in [5.74, 6) is 0.805. The number of carbonyl (C=O) groups is 2. The van der Waals surface area contributed by atoms with Crippen LogP contribution in [0.1, 0.15) is 93.8 Å². The minimum Gasteiger partial charge on any atom is -0.481 e. The third-order valence-corrected chi connectivity index (χ3v) is 8.92. The number of thioether (sulfide) groups is 1. The van der Waals surface area contributed by atoms with Crippen LogP contribution in [0.5, 0.6) is 0 Å². The molecule has 3 aromatic rings. The fraction of sp³-hybridized carbons (Fsp3) is 0.417. The van der Waals surface area contributed by atoms with Gasteiger partial charge in [-0.1, -0.05) is 75.7 Å². The van der Waals surface area contributed by atoms with E-state index in [1.807, 2.05) is 74.2 Å². The van der Waals surface area contributed by atoms with Gasteiger partial charge in [0, 0.05) is 17.9 Å². The molecule has 0 aliphatic heterocycles. The zero-order valence-electron chi connectivity index (χ0n) is 25.4. The van der Waals surface area contributed by atoms with Crippen LogP contribution in [-0.2, 0) is 28.2 Å². The smallest absolute Gasteiger partial charge is 0.310 e. The van der Waals surface area contributed by atoms with Gasteiger partial charge in [0.2, 0.25) is 5.91 Å². The van der Waals surface area contributed by atoms with Crippen molar-refractivity contribution in [3.8, 4) is 0 Å². The summed E-state index contributed by atoms with van der Waals surface area (Å²) >= 11 is 1.93. The Morgan fingerprint density at radius 3 is 2.24 bits per heavy atom. The van der Waals surface area contributed by atoms with E-state index in [4.69, 9.17) is 4.98 Å². The number of aryl methyl sites for hydroxylation is 2. The van der Waals surface area contributed by atoms with Crippen molar-refractivity contribution in [2.45, 2.75) is 84.3 Å². The van der Waals surface area contributed by atoms with Gasteiger partial charge in [-0.05, 0) is 97.7 Å². The number of hydrogen-bond donors (Lipinski definition) is 2. The lowest BCUT2D eigenvalue weighted by atomic mass is 9.79. The van der Waals surface area contributed by atoms with Gasteiger partial charge in [-0.2, -0.15) is 11.8 Å². The highest BCUT2D eigenvalue weighted by molar-refractivity contribution is 7.98. The second-order valence-electron chi connectivity index (χ2n) is 11.0. The molecular formula is C36H46N2O3S. The van der Waals surface area contributed by atoms with Gasteiger partial charge in [0.05, 0.1) is 16.8 Å². The second-order valence-corrected chi connectivity index (χ2v) is 12.1. The molecule has 0 saturated heterocycles. The van der Waals surface area contributed by atoms with Crippen molar-refractivity contribution >= 4 is 41.5 Å². The van der Waals surface area contributed by atoms with E-state index in [0.717, 1.165) is 34.9 Å². The summed E-state index contributed by atoms with van der Waals surface area (Å²) in [6.45, 7) is 5.86. The zero-order chi connectivity index (χ0) is 30.2. The average Bonchev–Trinajstić information content (AvgIpc) is 3.00. The maximum atomic E-state index is 12.6. The quantitative estimate of drug-likeness (QED) is 0.145. The van der Waals surface area contributed by atoms with Gasteiger partial charge in [0.1, 0.15) is 0 Å². The van der Waals surface area contributed by atoms with Crippen LogP contribution in [0, 0.1) is 5.41 Å². The topological polar surface area (TPSA) is 79.3 Å². The van der Waals surface area contributed by atoms with E-state index in [0.29, 0.717) is 18.5 Å². The van der Waals surface area contributed by atoms with Crippen molar-refractivity contribution in [3.63, 3.8) is 0 Å². The van der Waals surface area contributed by atoms with E-state index in [9.17, 15) is 14.7 Å². The summed E-state index contributed by atoms with van der Waals surface area (Å²) in [7, 11) is 0. The molecule has 224 valence electrons. The maximum absolute atomic E-state index is 12.6. The van der Waals surface area contributed by atoms with E-state index >= 15 is 0 Å². The number of aromatic nitrogens is 1. The van der Waals surface area contributed by atoms with E-state index in [-0.39, 0.29) is 12.3 Å². The Kier molecular flexibility index (Phi) is 13.8. The Morgan fingerprint density at radius 1 is 0.881 bits per heavy atom. The molecule has 1 aromatic heterocycles. The van der Waals surface area contributed by atoms with E-state index in [1.54, 1.807) is 0 Å². The van der Waals surface area contributed by atoms with Gasteiger partial charge in [-0.3, -0.25) is 14.6 Å². The van der Waals surface area contributed by atoms with E-state index in [1.165, 1.54) is 43.2 Å². The lowest BCUT2D eigenvalue weighted by Gasteiger charge is -2.25. The van der Waals surface area contributed by atoms with Crippen molar-refractivity contribution in [1.82, 2.24) is 4.98 Å². The fourth-order valence-electron chi connectivity index (χ4n) is 4.93. The number of nitrogens with one attached hydrogen (secondary N) is 1. The molecule has 0 unspecified atom stereocenters. The number of carbonyl (C=O) groups excluding carboxylic acids is 1. The molecule has 0 radical (unpaired) electrons. The number of anilines is 1. The van der Waals surface area contributed by atoms with Gasteiger partial charge in [0.15, 0.2) is 0 Å². The van der Waals surface area contributed by atoms with Gasteiger partial charge in [-0.25, -0.2) is 0 Å². The molecule has 1 amide bonds. The third kappa shape index (κ3) is 10.8. The molecule has 5 nitrogen and oxygen atoms in total. The van der Waals surface area contributed by atoms with Crippen LogP contribution in [0.25, 0.3) is 12.2 Å². The number of rotatable bonds is 18. The Bertz CT molecular complexity index is 1300. The molecule has 0 saturated carbocycles. The number of aliphatic carboxylic acids is 1. The lowest BCUT2D eigenvalue weighted by Crippen LogP contribution is -2.34. The monoisotopic (exact) mass is 586 g/mol. The molecule has 1 heterocycles. The number of carboxylic acids is 1. The van der Waals surface area contributed by atoms with Gasteiger partial charge >= 0.3 is 5.97 Å². The number of unbranched alkanes of at least 4 members (excludes halogenated alkanes) is 2. The predicted molar refractivity (Wildman–Crippen MR) is 178 cm³/mol. The number of hydrogen-bond acceptors (Lipinski definition) is 4. The van der Waals surface area contributed by atoms with Gasteiger partial charge in [-0.15, -0.1) is 0 Å². The molecule has 0 bridgehead atoms. The first-order valence-corrected chi connectivity index (χ1v) is 16.5. The first kappa shape index (κ1) is 33.1. The Balaban J connectivity index is 1.44. The van der Waals surface area contributed by atoms with Crippen LogP contribution in [0.15, 0.2) is 66.7 Å². The minimum atomic E-state index is -1.03. The van der Waals surface area contributed by atoms with Crippen LogP contribution in [0.3, 0.4) is 0 Å². The Morgan fingerprint density at radius 2 is 1.57 bits per heavy atom. The number of amides is 1. The number of pyridine rings is 1. The van der Waals surface area contributed by atoms with Crippen molar-refractivity contribution in [3.05, 3.63) is 94.8 Å². The van der Waals surface area contributed by atoms with Crippen LogP contribution in [0.4, 0.5) is 5.69 Å². The normalized spacial score (nSPS) is 11.6. The highest BCUT2D eigenvalue weighted by Gasteiger charge is 2.37. The summed E-state index contributed by atoms with van der Waals surface area (Å²) in [4.78, 5) is 29.2. The molecule has 2 aromatic carbocycles. The molecule has 0 spiro atoms. The largest absolute Gasteiger partial charge is 0.481 e. The molecule has 2 N–H and O–H groups in total. The molecule has 6 heteroatoms. The third-order valence-electron chi connectivity index (χ3n) is 7.85. The molecule has 0 atom stereocenters. The van der Waals surface area contributed by atoms with Crippen molar-refractivity contribution < 1.29 is 14.7 Å². The molecule has 0 aliphatic rings. The fourth-order valence-corrected chi connectivity index (χ4v) is 5.85. The zero-order valence-corrected chi connectivity index (χ0v) is 26.2. The number of carboxylic acid groups (broad SMARTS) is 1. The predicted octanol–water partition coefficient (Wildman–Crippen LogP) is 9.07. The summed E-state index contributed by atoms with van der Waals surface area (Å²) in [5, 5.41) is 12.5. The van der Waals surface area contributed by atoms with Crippen molar-refractivity contribution in [2.75, 3.05) is 11.1 Å². The Labute approximate surface area is 256 Å². The second kappa shape index (κ2) is 17.5. The summed E-state index contributed by atoms with van der Waals surface area (Å²) in [6, 6.07) is 22.8. The van der Waals surface area contributed by atoms with Crippen LogP contribution < -0.4 is 5.32 Å². The van der Waals surface area contributed by atoms with E-state index < -0.39 is 11.4 Å².